The number of nitrogens with zero attached hydrogens (tertiary/aromatic N) is 5. The van der Waals surface area contributed by atoms with E-state index in [0.717, 1.165) is 50.6 Å². The molecule has 1 aromatic carbocycles. The Morgan fingerprint density at radius 2 is 1.86 bits per heavy atom. The summed E-state index contributed by atoms with van der Waals surface area (Å²) in [6, 6.07) is 9.68. The number of carbonyl (C=O) groups excluding carboxylic acids is 1. The Hall–Kier alpha value is -3.13. The zero-order chi connectivity index (χ0) is 19.8. The molecule has 0 unspecified atom stereocenters. The van der Waals surface area contributed by atoms with Crippen molar-refractivity contribution >= 4 is 22.8 Å². The summed E-state index contributed by atoms with van der Waals surface area (Å²) in [5.41, 5.74) is 0.620. The molecule has 0 saturated carbocycles. The van der Waals surface area contributed by atoms with Crippen molar-refractivity contribution in [3.63, 3.8) is 0 Å². The Bertz CT molecular complexity index is 1010. The normalized spacial score (nSPS) is 18.1. The number of ether oxygens (including phenoxy) is 1. The van der Waals surface area contributed by atoms with Crippen LogP contribution in [0.3, 0.4) is 0 Å². The number of piperazine rings is 1. The lowest BCUT2D eigenvalue weighted by Crippen LogP contribution is -2.64. The molecule has 2 fully saturated rings. The Morgan fingerprint density at radius 1 is 1.10 bits per heavy atom. The number of carbonyl (C=O) groups is 1. The van der Waals surface area contributed by atoms with Crippen LogP contribution in [0.2, 0.25) is 0 Å². The topological polar surface area (TPSA) is 74.9 Å². The standard InChI is InChI=1S/C21H23N5O3/c1-28-17-5-2-4-15-12-18(29-19(15)17)20(27)26-13-16(14-26)24-8-10-25(11-9-24)21-22-6-3-7-23-21/h2-7,12,16H,8-11,13-14H2,1H3. The third-order valence-corrected chi connectivity index (χ3v) is 5.75. The average Bonchev–Trinajstić information content (AvgIpc) is 3.18. The molecule has 5 rings (SSSR count). The minimum absolute atomic E-state index is 0.0594. The van der Waals surface area contributed by atoms with Gasteiger partial charge in [-0.3, -0.25) is 9.69 Å². The number of likely N-dealkylation sites (tertiary alicyclic amines) is 1. The fraction of sp³-hybridized carbons (Fsp3) is 0.381. The van der Waals surface area contributed by atoms with Crippen LogP contribution in [-0.2, 0) is 0 Å². The fourth-order valence-corrected chi connectivity index (χ4v) is 4.05. The number of fused-ring (bicyclic) bond motifs is 1. The summed E-state index contributed by atoms with van der Waals surface area (Å²) in [5, 5.41) is 0.879. The molecule has 2 aliphatic heterocycles. The molecule has 0 N–H and O–H groups in total. The van der Waals surface area contributed by atoms with E-state index < -0.39 is 0 Å². The molecule has 0 bridgehead atoms. The second-order valence-corrected chi connectivity index (χ2v) is 7.43. The molecule has 2 aliphatic rings. The number of methoxy groups -OCH3 is 1. The lowest BCUT2D eigenvalue weighted by atomic mass is 10.1. The van der Waals surface area contributed by atoms with E-state index in [1.165, 1.54) is 0 Å². The van der Waals surface area contributed by atoms with Gasteiger partial charge in [-0.15, -0.1) is 0 Å². The van der Waals surface area contributed by atoms with E-state index in [9.17, 15) is 4.79 Å². The molecule has 2 aromatic heterocycles. The van der Waals surface area contributed by atoms with E-state index >= 15 is 0 Å². The summed E-state index contributed by atoms with van der Waals surface area (Å²) in [7, 11) is 1.60. The van der Waals surface area contributed by atoms with Crippen LogP contribution < -0.4 is 9.64 Å². The molecule has 1 amide bonds. The third-order valence-electron chi connectivity index (χ3n) is 5.75. The first-order chi connectivity index (χ1) is 14.2. The van der Waals surface area contributed by atoms with Gasteiger partial charge in [0, 0.05) is 63.1 Å². The second-order valence-electron chi connectivity index (χ2n) is 7.43. The summed E-state index contributed by atoms with van der Waals surface area (Å²) in [6.07, 6.45) is 3.55. The second kappa shape index (κ2) is 7.36. The fourth-order valence-electron chi connectivity index (χ4n) is 4.05. The smallest absolute Gasteiger partial charge is 0.289 e. The third kappa shape index (κ3) is 3.29. The predicted octanol–water partition coefficient (Wildman–Crippen LogP) is 1.88. The molecule has 2 saturated heterocycles. The average molecular weight is 393 g/mol. The minimum Gasteiger partial charge on any atom is -0.493 e. The maximum atomic E-state index is 12.8. The molecule has 0 radical (unpaired) electrons. The molecule has 8 nitrogen and oxygen atoms in total. The number of amides is 1. The maximum Gasteiger partial charge on any atom is 0.289 e. The molecule has 4 heterocycles. The zero-order valence-electron chi connectivity index (χ0n) is 16.3. The van der Waals surface area contributed by atoms with Gasteiger partial charge < -0.3 is 19.0 Å². The number of benzene rings is 1. The van der Waals surface area contributed by atoms with E-state index in [2.05, 4.69) is 19.8 Å². The summed E-state index contributed by atoms with van der Waals surface area (Å²) >= 11 is 0. The summed E-state index contributed by atoms with van der Waals surface area (Å²) in [4.78, 5) is 28.0. The number of rotatable bonds is 4. The quantitative estimate of drug-likeness (QED) is 0.670. The van der Waals surface area contributed by atoms with E-state index in [4.69, 9.17) is 9.15 Å². The van der Waals surface area contributed by atoms with Crippen molar-refractivity contribution in [1.82, 2.24) is 19.8 Å². The number of anilines is 1. The first-order valence-electron chi connectivity index (χ1n) is 9.85. The van der Waals surface area contributed by atoms with E-state index in [-0.39, 0.29) is 5.91 Å². The van der Waals surface area contributed by atoms with Crippen LogP contribution in [0.5, 0.6) is 5.75 Å². The summed E-state index contributed by atoms with van der Waals surface area (Å²) in [5.74, 6) is 1.74. The Balaban J connectivity index is 1.18. The highest BCUT2D eigenvalue weighted by Gasteiger charge is 2.37. The van der Waals surface area contributed by atoms with Crippen LogP contribution in [0.1, 0.15) is 10.6 Å². The Labute approximate surface area is 168 Å². The number of para-hydroxylation sites is 1. The van der Waals surface area contributed by atoms with E-state index in [0.29, 0.717) is 23.1 Å². The highest BCUT2D eigenvalue weighted by molar-refractivity contribution is 5.97. The predicted molar refractivity (Wildman–Crippen MR) is 108 cm³/mol. The van der Waals surface area contributed by atoms with Gasteiger partial charge in [-0.05, 0) is 18.2 Å². The largest absolute Gasteiger partial charge is 0.493 e. The zero-order valence-corrected chi connectivity index (χ0v) is 16.3. The Morgan fingerprint density at radius 3 is 2.59 bits per heavy atom. The number of hydrogen-bond donors (Lipinski definition) is 0. The first kappa shape index (κ1) is 17.9. The molecule has 3 aromatic rings. The molecule has 0 spiro atoms. The van der Waals surface area contributed by atoms with Crippen molar-refractivity contribution in [3.8, 4) is 5.75 Å². The molecule has 0 aliphatic carbocycles. The van der Waals surface area contributed by atoms with Crippen molar-refractivity contribution in [2.24, 2.45) is 0 Å². The number of hydrogen-bond acceptors (Lipinski definition) is 7. The summed E-state index contributed by atoms with van der Waals surface area (Å²) < 4.78 is 11.1. The molecule has 0 atom stereocenters. The van der Waals surface area contributed by atoms with Gasteiger partial charge in [-0.2, -0.15) is 0 Å². The SMILES string of the molecule is COc1cccc2cc(C(=O)N3CC(N4CCN(c5ncccn5)CC4)C3)oc12. The maximum absolute atomic E-state index is 12.8. The van der Waals surface area contributed by atoms with Gasteiger partial charge in [0.05, 0.1) is 7.11 Å². The van der Waals surface area contributed by atoms with Gasteiger partial charge in [0.2, 0.25) is 5.95 Å². The van der Waals surface area contributed by atoms with Crippen molar-refractivity contribution in [2.75, 3.05) is 51.3 Å². The Kier molecular flexibility index (Phi) is 4.55. The van der Waals surface area contributed by atoms with Crippen LogP contribution >= 0.6 is 0 Å². The highest BCUT2D eigenvalue weighted by atomic mass is 16.5. The van der Waals surface area contributed by atoms with Crippen LogP contribution in [0.4, 0.5) is 5.95 Å². The van der Waals surface area contributed by atoms with Crippen LogP contribution in [0, 0.1) is 0 Å². The van der Waals surface area contributed by atoms with Crippen LogP contribution in [0.25, 0.3) is 11.0 Å². The van der Waals surface area contributed by atoms with E-state index in [1.807, 2.05) is 29.2 Å². The summed E-state index contributed by atoms with van der Waals surface area (Å²) in [6.45, 7) is 5.17. The van der Waals surface area contributed by atoms with Crippen molar-refractivity contribution in [3.05, 3.63) is 48.5 Å². The van der Waals surface area contributed by atoms with Crippen molar-refractivity contribution in [2.45, 2.75) is 6.04 Å². The highest BCUT2D eigenvalue weighted by Crippen LogP contribution is 2.30. The lowest BCUT2D eigenvalue weighted by Gasteiger charge is -2.47. The van der Waals surface area contributed by atoms with E-state index in [1.54, 1.807) is 25.6 Å². The molecule has 29 heavy (non-hydrogen) atoms. The monoisotopic (exact) mass is 393 g/mol. The molecular formula is C21H23N5O3. The lowest BCUT2D eigenvalue weighted by molar-refractivity contribution is 0.0224. The number of furan rings is 1. The van der Waals surface area contributed by atoms with Gasteiger partial charge in [-0.25, -0.2) is 9.97 Å². The minimum atomic E-state index is -0.0594. The first-order valence-corrected chi connectivity index (χ1v) is 9.85. The van der Waals surface area contributed by atoms with Gasteiger partial charge >= 0.3 is 0 Å². The van der Waals surface area contributed by atoms with Gasteiger partial charge in [0.15, 0.2) is 17.1 Å². The van der Waals surface area contributed by atoms with Crippen LogP contribution in [0.15, 0.2) is 47.1 Å². The van der Waals surface area contributed by atoms with Gasteiger partial charge in [-0.1, -0.05) is 12.1 Å². The number of aromatic nitrogens is 2. The van der Waals surface area contributed by atoms with Crippen molar-refractivity contribution < 1.29 is 13.9 Å². The van der Waals surface area contributed by atoms with Gasteiger partial charge in [0.25, 0.3) is 5.91 Å². The van der Waals surface area contributed by atoms with Crippen molar-refractivity contribution in [1.29, 1.82) is 0 Å². The molecule has 150 valence electrons. The molecule has 8 heteroatoms. The van der Waals surface area contributed by atoms with Crippen LogP contribution in [-0.4, -0.2) is 78.1 Å². The van der Waals surface area contributed by atoms with Gasteiger partial charge in [0.1, 0.15) is 0 Å². The molecular weight excluding hydrogens is 370 g/mol.